The molecule has 2 heterocycles. The van der Waals surface area contributed by atoms with Crippen molar-refractivity contribution in [2.24, 2.45) is 0 Å². The third-order valence-corrected chi connectivity index (χ3v) is 7.97. The summed E-state index contributed by atoms with van der Waals surface area (Å²) in [5.74, 6) is -0.667. The Morgan fingerprint density at radius 2 is 2.00 bits per heavy atom. The number of hydrogen-bond acceptors (Lipinski definition) is 6. The first-order valence-electron chi connectivity index (χ1n) is 10.9. The van der Waals surface area contributed by atoms with Gasteiger partial charge in [-0.3, -0.25) is 4.90 Å². The minimum atomic E-state index is -3.85. The number of nitriles is 1. The molecule has 1 aromatic carbocycles. The van der Waals surface area contributed by atoms with E-state index in [1.54, 1.807) is 6.07 Å². The number of amides is 2. The summed E-state index contributed by atoms with van der Waals surface area (Å²) < 4.78 is 41.9. The van der Waals surface area contributed by atoms with E-state index >= 15 is 0 Å². The van der Waals surface area contributed by atoms with Gasteiger partial charge < -0.3 is 5.32 Å². The average molecular weight is 472 g/mol. The lowest BCUT2D eigenvalue weighted by Gasteiger charge is -2.47. The van der Waals surface area contributed by atoms with E-state index in [2.05, 4.69) is 19.9 Å². The molecule has 1 saturated carbocycles. The Labute approximate surface area is 192 Å². The molecule has 2 aromatic rings. The number of sulfonamides is 1. The van der Waals surface area contributed by atoms with Crippen molar-refractivity contribution in [2.45, 2.75) is 50.3 Å². The first-order chi connectivity index (χ1) is 15.7. The molecule has 8 nitrogen and oxygen atoms in total. The molecule has 0 radical (unpaired) electrons. The Bertz CT molecular complexity index is 1220. The fraction of sp³-hybridized carbons (Fsp3) is 0.435. The monoisotopic (exact) mass is 471 g/mol. The zero-order valence-corrected chi connectivity index (χ0v) is 19.3. The highest BCUT2D eigenvalue weighted by molar-refractivity contribution is 7.90. The van der Waals surface area contributed by atoms with Gasteiger partial charge in [-0.15, -0.1) is 0 Å². The lowest BCUT2D eigenvalue weighted by Crippen LogP contribution is -2.62. The molecule has 1 saturated heterocycles. The number of rotatable bonds is 6. The van der Waals surface area contributed by atoms with E-state index in [1.165, 1.54) is 30.8 Å². The zero-order chi connectivity index (χ0) is 23.8. The van der Waals surface area contributed by atoms with Crippen LogP contribution in [0.15, 0.2) is 30.5 Å². The van der Waals surface area contributed by atoms with Crippen molar-refractivity contribution >= 4 is 21.7 Å². The molecule has 2 aliphatic rings. The highest BCUT2D eigenvalue weighted by Crippen LogP contribution is 2.36. The highest BCUT2D eigenvalue weighted by Gasteiger charge is 2.42. The summed E-state index contributed by atoms with van der Waals surface area (Å²) in [6.07, 6.45) is 4.78. The Kier molecular flexibility index (Phi) is 6.36. The number of carbonyl (C=O) groups is 1. The van der Waals surface area contributed by atoms with Crippen molar-refractivity contribution in [1.29, 1.82) is 5.26 Å². The lowest BCUT2D eigenvalue weighted by molar-refractivity contribution is 0.0704. The Morgan fingerprint density at radius 1 is 1.27 bits per heavy atom. The first kappa shape index (κ1) is 23.1. The maximum absolute atomic E-state index is 14.4. The maximum Gasteiger partial charge on any atom is 0.332 e. The number of anilines is 1. The minimum absolute atomic E-state index is 0.141. The van der Waals surface area contributed by atoms with Crippen LogP contribution in [0.5, 0.6) is 0 Å². The molecule has 4 rings (SSSR count). The van der Waals surface area contributed by atoms with E-state index in [4.69, 9.17) is 5.26 Å². The molecule has 2 amide bonds. The van der Waals surface area contributed by atoms with Gasteiger partial charge in [0.1, 0.15) is 22.8 Å². The van der Waals surface area contributed by atoms with Crippen LogP contribution >= 0.6 is 0 Å². The second-order valence-corrected chi connectivity index (χ2v) is 10.8. The predicted octanol–water partition coefficient (Wildman–Crippen LogP) is 3.57. The predicted molar refractivity (Wildman–Crippen MR) is 123 cm³/mol. The number of pyridine rings is 1. The van der Waals surface area contributed by atoms with Gasteiger partial charge in [-0.2, -0.15) is 5.26 Å². The quantitative estimate of drug-likeness (QED) is 0.666. The van der Waals surface area contributed by atoms with E-state index in [1.807, 2.05) is 19.9 Å². The molecule has 2 fully saturated rings. The van der Waals surface area contributed by atoms with E-state index in [0.29, 0.717) is 41.5 Å². The molecule has 33 heavy (non-hydrogen) atoms. The smallest absolute Gasteiger partial charge is 0.306 e. The molecule has 0 bridgehead atoms. The maximum atomic E-state index is 14.4. The number of carbonyl (C=O) groups excluding carboxylic acids is 1. The molecule has 1 aromatic heterocycles. The molecule has 0 atom stereocenters. The van der Waals surface area contributed by atoms with Gasteiger partial charge in [-0.1, -0.05) is 20.3 Å². The molecule has 1 aliphatic carbocycles. The van der Waals surface area contributed by atoms with Crippen LogP contribution in [0, 0.1) is 17.1 Å². The first-order valence-corrected chi connectivity index (χ1v) is 12.5. The lowest BCUT2D eigenvalue weighted by atomic mass is 9.89. The van der Waals surface area contributed by atoms with Crippen LogP contribution < -0.4 is 10.0 Å². The van der Waals surface area contributed by atoms with Gasteiger partial charge in [0.15, 0.2) is 0 Å². The summed E-state index contributed by atoms with van der Waals surface area (Å²) in [7, 11) is -3.85. The van der Waals surface area contributed by atoms with E-state index in [-0.39, 0.29) is 11.6 Å². The van der Waals surface area contributed by atoms with Crippen LogP contribution in [0.1, 0.15) is 50.3 Å². The highest BCUT2D eigenvalue weighted by atomic mass is 32.2. The molecular formula is C23H26FN5O3S. The van der Waals surface area contributed by atoms with Crippen molar-refractivity contribution in [3.8, 4) is 17.2 Å². The molecule has 2 N–H and O–H groups in total. The number of nitrogens with one attached hydrogen (secondary N) is 2. The van der Waals surface area contributed by atoms with Crippen molar-refractivity contribution < 1.29 is 17.6 Å². The van der Waals surface area contributed by atoms with Crippen molar-refractivity contribution in [3.63, 3.8) is 0 Å². The third kappa shape index (κ3) is 4.84. The van der Waals surface area contributed by atoms with Crippen molar-refractivity contribution in [2.75, 3.05) is 18.4 Å². The van der Waals surface area contributed by atoms with Gasteiger partial charge in [0, 0.05) is 30.9 Å². The normalized spacial score (nSPS) is 17.2. The Morgan fingerprint density at radius 3 is 2.61 bits per heavy atom. The fourth-order valence-corrected chi connectivity index (χ4v) is 5.43. The van der Waals surface area contributed by atoms with Gasteiger partial charge in [-0.25, -0.2) is 27.3 Å². The summed E-state index contributed by atoms with van der Waals surface area (Å²) in [4.78, 5) is 18.8. The van der Waals surface area contributed by atoms with Crippen LogP contribution in [-0.2, 0) is 10.0 Å². The summed E-state index contributed by atoms with van der Waals surface area (Å²) in [5.41, 5.74) is 1.76. The number of halogens is 1. The SMILES string of the molecule is CC(C)c1cc(F)cc(-c2ccnc(C#N)c2)c1NC(=O)NS(=O)(=O)C1CN(C2CCC2)C1. The van der Waals surface area contributed by atoms with Crippen LogP contribution in [0.25, 0.3) is 11.1 Å². The second kappa shape index (κ2) is 9.08. The van der Waals surface area contributed by atoms with Gasteiger partial charge in [-0.05, 0) is 54.2 Å². The Hall–Kier alpha value is -3.03. The summed E-state index contributed by atoms with van der Waals surface area (Å²) >= 11 is 0. The number of hydrogen-bond donors (Lipinski definition) is 2. The number of urea groups is 1. The largest absolute Gasteiger partial charge is 0.332 e. The van der Waals surface area contributed by atoms with Gasteiger partial charge in [0.2, 0.25) is 10.0 Å². The molecular weight excluding hydrogens is 445 g/mol. The van der Waals surface area contributed by atoms with Crippen LogP contribution in [0.3, 0.4) is 0 Å². The molecule has 1 aliphatic heterocycles. The van der Waals surface area contributed by atoms with Gasteiger partial charge in [0.05, 0.1) is 5.69 Å². The number of likely N-dealkylation sites (tertiary alicyclic amines) is 1. The molecule has 10 heteroatoms. The Balaban J connectivity index is 1.57. The van der Waals surface area contributed by atoms with Crippen LogP contribution in [-0.4, -0.2) is 48.7 Å². The fourth-order valence-electron chi connectivity index (χ4n) is 4.18. The molecule has 0 unspecified atom stereocenters. The third-order valence-electron chi connectivity index (χ3n) is 6.32. The number of nitrogens with zero attached hydrogens (tertiary/aromatic N) is 3. The summed E-state index contributed by atoms with van der Waals surface area (Å²) in [5, 5.41) is 11.2. The van der Waals surface area contributed by atoms with E-state index in [0.717, 1.165) is 12.8 Å². The molecule has 174 valence electrons. The van der Waals surface area contributed by atoms with Crippen molar-refractivity contribution in [1.82, 2.24) is 14.6 Å². The molecule has 0 spiro atoms. The average Bonchev–Trinajstić information content (AvgIpc) is 2.69. The van der Waals surface area contributed by atoms with Gasteiger partial charge >= 0.3 is 6.03 Å². The zero-order valence-electron chi connectivity index (χ0n) is 18.5. The van der Waals surface area contributed by atoms with E-state index in [9.17, 15) is 17.6 Å². The van der Waals surface area contributed by atoms with Gasteiger partial charge in [0.25, 0.3) is 0 Å². The second-order valence-electron chi connectivity index (χ2n) is 8.88. The minimum Gasteiger partial charge on any atom is -0.306 e. The topological polar surface area (TPSA) is 115 Å². The number of benzene rings is 1. The van der Waals surface area contributed by atoms with Crippen molar-refractivity contribution in [3.05, 3.63) is 47.5 Å². The summed E-state index contributed by atoms with van der Waals surface area (Å²) in [6, 6.07) is 7.14. The van der Waals surface area contributed by atoms with Crippen LogP contribution in [0.2, 0.25) is 0 Å². The summed E-state index contributed by atoms with van der Waals surface area (Å²) in [6.45, 7) is 4.52. The number of aromatic nitrogens is 1. The van der Waals surface area contributed by atoms with Crippen LogP contribution in [0.4, 0.5) is 14.9 Å². The van der Waals surface area contributed by atoms with E-state index < -0.39 is 27.1 Å². The standard InChI is InChI=1S/C23H26FN5O3S/c1-14(2)20-9-16(24)10-21(15-6-7-26-17(8-15)11-25)22(20)27-23(30)28-33(31,32)19-12-29(13-19)18-4-3-5-18/h6-10,14,18-19H,3-5,12-13H2,1-2H3,(H2,27,28,30).